The standard InChI is InChI=1S/C29H28BFN4O5/c1-16-11-21(28-22(12-16)27(36)17(2)29(39-28)35-7-9-38-10-8-35)18(3)34-24-5-4-6-32-26(24)19-13-20-15-33-40-30(37)25(20)23(31)14-19/h4-6,11-15,18,34,37H,7-10H2,1-3H3/t18-/m1/s1. The second kappa shape index (κ2) is 10.4. The summed E-state index contributed by atoms with van der Waals surface area (Å²) in [4.78, 5) is 20.0. The molecule has 0 saturated carbocycles. The van der Waals surface area contributed by atoms with Crippen molar-refractivity contribution in [1.29, 1.82) is 0 Å². The zero-order chi connectivity index (χ0) is 28.0. The summed E-state index contributed by atoms with van der Waals surface area (Å²) in [6.45, 7) is 8.17. The summed E-state index contributed by atoms with van der Waals surface area (Å²) < 4.78 is 31.7. The lowest BCUT2D eigenvalue weighted by molar-refractivity contribution is 0.120. The Hall–Kier alpha value is -4.22. The smallest absolute Gasteiger partial charge is 0.440 e. The molecule has 40 heavy (non-hydrogen) atoms. The van der Waals surface area contributed by atoms with Gasteiger partial charge < -0.3 is 29.1 Å². The molecule has 0 bridgehead atoms. The van der Waals surface area contributed by atoms with Crippen molar-refractivity contribution in [2.24, 2.45) is 5.16 Å². The Morgan fingerprint density at radius 2 is 1.98 bits per heavy atom. The van der Waals surface area contributed by atoms with Gasteiger partial charge in [0.05, 0.1) is 47.8 Å². The van der Waals surface area contributed by atoms with Crippen molar-refractivity contribution in [3.05, 3.63) is 80.9 Å². The number of hydrogen-bond donors (Lipinski definition) is 2. The first-order valence-corrected chi connectivity index (χ1v) is 13.1. The van der Waals surface area contributed by atoms with E-state index in [1.54, 1.807) is 25.3 Å². The van der Waals surface area contributed by atoms with Gasteiger partial charge in [-0.2, -0.15) is 0 Å². The third-order valence-corrected chi connectivity index (χ3v) is 7.35. The van der Waals surface area contributed by atoms with Gasteiger partial charge in [-0.15, -0.1) is 5.16 Å². The first kappa shape index (κ1) is 26.0. The van der Waals surface area contributed by atoms with Crippen LogP contribution in [0.25, 0.3) is 22.2 Å². The number of nitrogens with zero attached hydrogens (tertiary/aromatic N) is 3. The molecule has 0 aliphatic carbocycles. The average Bonchev–Trinajstić information content (AvgIpc) is 2.95. The van der Waals surface area contributed by atoms with Crippen molar-refractivity contribution in [2.45, 2.75) is 26.8 Å². The Labute approximate surface area is 230 Å². The van der Waals surface area contributed by atoms with Gasteiger partial charge in [0.1, 0.15) is 11.4 Å². The van der Waals surface area contributed by atoms with E-state index in [1.807, 2.05) is 32.0 Å². The van der Waals surface area contributed by atoms with Crippen LogP contribution in [-0.2, 0) is 9.49 Å². The number of morpholine rings is 1. The molecule has 0 radical (unpaired) electrons. The number of aryl methyl sites for hydroxylation is 1. The molecule has 9 nitrogen and oxygen atoms in total. The summed E-state index contributed by atoms with van der Waals surface area (Å²) in [7, 11) is -1.47. The van der Waals surface area contributed by atoms with Gasteiger partial charge >= 0.3 is 7.12 Å². The zero-order valence-electron chi connectivity index (χ0n) is 22.4. The molecule has 2 aliphatic rings. The van der Waals surface area contributed by atoms with E-state index < -0.39 is 12.9 Å². The first-order chi connectivity index (χ1) is 19.3. The SMILES string of the molecule is Cc1cc([C@@H](C)Nc2cccnc2-c2cc(F)c3c(c2)C=NOB3O)c2oc(N3CCOCC3)c(C)c(=O)c2c1. The summed E-state index contributed by atoms with van der Waals surface area (Å²) >= 11 is 0. The maximum absolute atomic E-state index is 15.0. The summed E-state index contributed by atoms with van der Waals surface area (Å²) in [6.07, 6.45) is 3.00. The lowest BCUT2D eigenvalue weighted by Gasteiger charge is -2.29. The van der Waals surface area contributed by atoms with Crippen molar-refractivity contribution in [3.8, 4) is 11.3 Å². The number of oxime groups is 1. The van der Waals surface area contributed by atoms with E-state index in [9.17, 15) is 9.82 Å². The molecule has 1 atom stereocenters. The number of hydrogen-bond acceptors (Lipinski definition) is 9. The molecule has 2 aromatic heterocycles. The van der Waals surface area contributed by atoms with Crippen LogP contribution < -0.4 is 21.1 Å². The molecule has 4 aromatic rings. The minimum absolute atomic E-state index is 0.0326. The van der Waals surface area contributed by atoms with Crippen LogP contribution in [0.2, 0.25) is 0 Å². The molecule has 4 heterocycles. The lowest BCUT2D eigenvalue weighted by atomic mass is 9.75. The maximum Gasteiger partial charge on any atom is 0.586 e. The largest absolute Gasteiger partial charge is 0.586 e. The van der Waals surface area contributed by atoms with Crippen molar-refractivity contribution in [1.82, 2.24) is 4.98 Å². The number of anilines is 2. The molecule has 1 fully saturated rings. The van der Waals surface area contributed by atoms with E-state index in [2.05, 4.69) is 20.4 Å². The third kappa shape index (κ3) is 4.61. The van der Waals surface area contributed by atoms with E-state index >= 15 is 4.39 Å². The third-order valence-electron chi connectivity index (χ3n) is 7.35. The topological polar surface area (TPSA) is 109 Å². The van der Waals surface area contributed by atoms with E-state index in [-0.39, 0.29) is 16.9 Å². The number of pyridine rings is 1. The zero-order valence-corrected chi connectivity index (χ0v) is 22.4. The second-order valence-corrected chi connectivity index (χ2v) is 10.1. The number of ether oxygens (including phenoxy) is 1. The van der Waals surface area contributed by atoms with Crippen LogP contribution in [0.5, 0.6) is 0 Å². The molecular formula is C29H28BFN4O5. The van der Waals surface area contributed by atoms with Crippen LogP contribution in [0.15, 0.2) is 57.0 Å². The minimum atomic E-state index is -1.47. The highest BCUT2D eigenvalue weighted by Gasteiger charge is 2.30. The predicted molar refractivity (Wildman–Crippen MR) is 153 cm³/mol. The number of rotatable bonds is 5. The number of benzene rings is 2. The van der Waals surface area contributed by atoms with Gasteiger partial charge in [0, 0.05) is 41.4 Å². The molecule has 2 N–H and O–H groups in total. The minimum Gasteiger partial charge on any atom is -0.440 e. The molecule has 11 heteroatoms. The van der Waals surface area contributed by atoms with Gasteiger partial charge in [-0.25, -0.2) is 4.39 Å². The van der Waals surface area contributed by atoms with Crippen molar-refractivity contribution in [2.75, 3.05) is 36.5 Å². The van der Waals surface area contributed by atoms with Crippen molar-refractivity contribution >= 4 is 41.3 Å². The predicted octanol–water partition coefficient (Wildman–Crippen LogP) is 3.67. The molecule has 1 saturated heterocycles. The van der Waals surface area contributed by atoms with Gasteiger partial charge in [-0.1, -0.05) is 6.07 Å². The monoisotopic (exact) mass is 542 g/mol. The van der Waals surface area contributed by atoms with Crippen molar-refractivity contribution < 1.29 is 23.3 Å². The summed E-state index contributed by atoms with van der Waals surface area (Å²) in [5, 5.41) is 17.7. The van der Waals surface area contributed by atoms with Gasteiger partial charge in [0.2, 0.25) is 5.88 Å². The molecular weight excluding hydrogens is 514 g/mol. The van der Waals surface area contributed by atoms with Crippen LogP contribution in [0.4, 0.5) is 16.0 Å². The van der Waals surface area contributed by atoms with E-state index in [1.165, 1.54) is 12.3 Å². The van der Waals surface area contributed by atoms with Crippen molar-refractivity contribution in [3.63, 3.8) is 0 Å². The Morgan fingerprint density at radius 1 is 1.18 bits per heavy atom. The molecule has 2 aromatic carbocycles. The highest BCUT2D eigenvalue weighted by atomic mass is 19.1. The molecule has 2 aliphatic heterocycles. The molecule has 204 valence electrons. The van der Waals surface area contributed by atoms with Crippen LogP contribution in [0, 0.1) is 19.7 Å². The fraction of sp³-hybridized carbons (Fsp3) is 0.276. The second-order valence-electron chi connectivity index (χ2n) is 10.1. The molecule has 0 spiro atoms. The van der Waals surface area contributed by atoms with Crippen LogP contribution >= 0.6 is 0 Å². The van der Waals surface area contributed by atoms with Gasteiger partial charge in [0.25, 0.3) is 0 Å². The fourth-order valence-electron chi connectivity index (χ4n) is 5.35. The summed E-state index contributed by atoms with van der Waals surface area (Å²) in [5.41, 5.74) is 4.95. The van der Waals surface area contributed by atoms with E-state index in [0.29, 0.717) is 71.2 Å². The number of aromatic nitrogens is 1. The van der Waals surface area contributed by atoms with Gasteiger partial charge in [-0.05, 0) is 56.7 Å². The molecule has 0 amide bonds. The van der Waals surface area contributed by atoms with Gasteiger partial charge in [0.15, 0.2) is 5.43 Å². The Balaban J connectivity index is 1.41. The number of fused-ring (bicyclic) bond motifs is 2. The normalized spacial score (nSPS) is 15.6. The van der Waals surface area contributed by atoms with Gasteiger partial charge in [-0.3, -0.25) is 9.78 Å². The summed E-state index contributed by atoms with van der Waals surface area (Å²) in [5.74, 6) is -0.0502. The summed E-state index contributed by atoms with van der Waals surface area (Å²) in [6, 6.07) is 10.3. The fourth-order valence-corrected chi connectivity index (χ4v) is 5.35. The average molecular weight is 542 g/mol. The van der Waals surface area contributed by atoms with Crippen LogP contribution in [-0.4, -0.2) is 49.6 Å². The Morgan fingerprint density at radius 3 is 2.77 bits per heavy atom. The first-order valence-electron chi connectivity index (χ1n) is 13.1. The maximum atomic E-state index is 15.0. The number of nitrogens with one attached hydrogen (secondary N) is 1. The highest BCUT2D eigenvalue weighted by molar-refractivity contribution is 6.62. The molecule has 0 unspecified atom stereocenters. The van der Waals surface area contributed by atoms with Crippen LogP contribution in [0.3, 0.4) is 0 Å². The number of halogens is 1. The molecule has 6 rings (SSSR count). The van der Waals surface area contributed by atoms with E-state index in [4.69, 9.17) is 13.9 Å². The highest BCUT2D eigenvalue weighted by Crippen LogP contribution is 2.34. The van der Waals surface area contributed by atoms with Crippen LogP contribution in [0.1, 0.15) is 35.2 Å². The lowest BCUT2D eigenvalue weighted by Crippen LogP contribution is -2.40. The Bertz CT molecular complexity index is 1700. The van der Waals surface area contributed by atoms with E-state index in [0.717, 1.165) is 11.1 Å². The Kier molecular flexibility index (Phi) is 6.77. The quantitative estimate of drug-likeness (QED) is 0.368.